The predicted molar refractivity (Wildman–Crippen MR) is 104 cm³/mol. The molecule has 6 nitrogen and oxygen atoms in total. The number of carbonyl (C=O) groups excluding carboxylic acids is 1. The van der Waals surface area contributed by atoms with E-state index < -0.39 is 16.1 Å². The molecule has 0 spiro atoms. The molecule has 1 fully saturated rings. The summed E-state index contributed by atoms with van der Waals surface area (Å²) in [5.41, 5.74) is 2.29. The summed E-state index contributed by atoms with van der Waals surface area (Å²) < 4.78 is 25.5. The fourth-order valence-electron chi connectivity index (χ4n) is 3.01. The minimum Gasteiger partial charge on any atom is -0.370 e. The lowest BCUT2D eigenvalue weighted by Gasteiger charge is -2.23. The summed E-state index contributed by atoms with van der Waals surface area (Å²) >= 11 is 0. The first kappa shape index (κ1) is 18.3. The van der Waals surface area contributed by atoms with E-state index in [0.29, 0.717) is 18.7 Å². The fraction of sp³-hybridized carbons (Fsp3) is 0.316. The summed E-state index contributed by atoms with van der Waals surface area (Å²) in [6.45, 7) is 0.515. The van der Waals surface area contributed by atoms with Crippen LogP contribution in [0.15, 0.2) is 54.6 Å². The first-order valence-electron chi connectivity index (χ1n) is 8.51. The fourth-order valence-corrected chi connectivity index (χ4v) is 4.58. The van der Waals surface area contributed by atoms with Crippen LogP contribution in [-0.4, -0.2) is 45.6 Å². The van der Waals surface area contributed by atoms with E-state index in [2.05, 4.69) is 5.32 Å². The van der Waals surface area contributed by atoms with Crippen LogP contribution in [0.2, 0.25) is 0 Å². The Morgan fingerprint density at radius 3 is 2.27 bits per heavy atom. The van der Waals surface area contributed by atoms with Crippen LogP contribution in [-0.2, 0) is 14.8 Å². The highest BCUT2D eigenvalue weighted by atomic mass is 32.2. The van der Waals surface area contributed by atoms with Gasteiger partial charge in [-0.3, -0.25) is 9.10 Å². The average molecular weight is 373 g/mol. The first-order valence-corrected chi connectivity index (χ1v) is 10.1. The quantitative estimate of drug-likeness (QED) is 0.874. The van der Waals surface area contributed by atoms with Gasteiger partial charge in [-0.05, 0) is 36.2 Å². The zero-order valence-corrected chi connectivity index (χ0v) is 15.7. The molecule has 138 valence electrons. The number of amides is 1. The predicted octanol–water partition coefficient (Wildman–Crippen LogP) is 2.47. The monoisotopic (exact) mass is 373 g/mol. The first-order chi connectivity index (χ1) is 12.4. The second-order valence-electron chi connectivity index (χ2n) is 6.51. The maximum absolute atomic E-state index is 12.6. The molecule has 0 saturated carbocycles. The van der Waals surface area contributed by atoms with Gasteiger partial charge in [0, 0.05) is 26.3 Å². The van der Waals surface area contributed by atoms with Crippen LogP contribution in [0.5, 0.6) is 0 Å². The maximum Gasteiger partial charge on any atom is 0.249 e. The lowest BCUT2D eigenvalue weighted by Crippen LogP contribution is -2.32. The van der Waals surface area contributed by atoms with Crippen LogP contribution < -0.4 is 9.62 Å². The van der Waals surface area contributed by atoms with Crippen molar-refractivity contribution in [1.29, 1.82) is 0 Å². The summed E-state index contributed by atoms with van der Waals surface area (Å²) in [5, 5.41) is 3.26. The van der Waals surface area contributed by atoms with Gasteiger partial charge in [-0.25, -0.2) is 8.42 Å². The molecule has 26 heavy (non-hydrogen) atoms. The molecule has 1 amide bonds. The number of sulfonamides is 1. The molecule has 7 heteroatoms. The smallest absolute Gasteiger partial charge is 0.249 e. The van der Waals surface area contributed by atoms with E-state index in [4.69, 9.17) is 0 Å². The largest absolute Gasteiger partial charge is 0.370 e. The molecule has 0 aromatic heterocycles. The van der Waals surface area contributed by atoms with E-state index in [-0.39, 0.29) is 11.7 Å². The van der Waals surface area contributed by atoms with Crippen LogP contribution in [0, 0.1) is 0 Å². The summed E-state index contributed by atoms with van der Waals surface area (Å²) in [5.74, 6) is 0.142. The number of rotatable bonds is 5. The van der Waals surface area contributed by atoms with Gasteiger partial charge in [-0.1, -0.05) is 30.3 Å². The molecule has 1 aliphatic rings. The molecule has 0 radical (unpaired) electrons. The Balaban J connectivity index is 1.82. The Kier molecular flexibility index (Phi) is 5.18. The Labute approximate surface area is 154 Å². The van der Waals surface area contributed by atoms with E-state index in [1.165, 1.54) is 4.31 Å². The molecule has 2 aromatic rings. The van der Waals surface area contributed by atoms with Gasteiger partial charge in [0.05, 0.1) is 11.4 Å². The number of hydrogen-bond donors (Lipinski definition) is 1. The summed E-state index contributed by atoms with van der Waals surface area (Å²) in [6.07, 6.45) is 0.649. The highest BCUT2D eigenvalue weighted by Crippen LogP contribution is 2.27. The third-order valence-corrected chi connectivity index (χ3v) is 6.26. The summed E-state index contributed by atoms with van der Waals surface area (Å²) in [7, 11) is 0.255. The van der Waals surface area contributed by atoms with Gasteiger partial charge in [-0.2, -0.15) is 0 Å². The maximum atomic E-state index is 12.6. The highest BCUT2D eigenvalue weighted by Gasteiger charge is 2.28. The second-order valence-corrected chi connectivity index (χ2v) is 8.52. The standard InChI is InChI=1S/C19H23N3O3S/c1-21(2)19(23)18(15-7-4-3-5-8-15)20-16-9-11-17(12-10-16)22-13-6-14-26(22,24)25/h3-5,7-12,18,20H,6,13-14H2,1-2H3. The molecular weight excluding hydrogens is 350 g/mol. The Morgan fingerprint density at radius 2 is 1.73 bits per heavy atom. The number of benzene rings is 2. The molecule has 1 atom stereocenters. The molecule has 2 aromatic carbocycles. The van der Waals surface area contributed by atoms with Crippen molar-refractivity contribution in [2.24, 2.45) is 0 Å². The molecule has 1 aliphatic heterocycles. The van der Waals surface area contributed by atoms with E-state index in [1.54, 1.807) is 31.1 Å². The van der Waals surface area contributed by atoms with Crippen LogP contribution >= 0.6 is 0 Å². The van der Waals surface area contributed by atoms with Gasteiger partial charge in [-0.15, -0.1) is 0 Å². The Hall–Kier alpha value is -2.54. The number of likely N-dealkylation sites (N-methyl/N-ethyl adjacent to an activating group) is 1. The van der Waals surface area contributed by atoms with Crippen molar-refractivity contribution >= 4 is 27.3 Å². The Morgan fingerprint density at radius 1 is 1.08 bits per heavy atom. The molecule has 1 heterocycles. The number of anilines is 2. The lowest BCUT2D eigenvalue weighted by atomic mass is 10.1. The molecule has 1 unspecified atom stereocenters. The van der Waals surface area contributed by atoms with E-state index in [1.807, 2.05) is 42.5 Å². The van der Waals surface area contributed by atoms with Crippen LogP contribution in [0.1, 0.15) is 18.0 Å². The van der Waals surface area contributed by atoms with Gasteiger partial charge in [0.2, 0.25) is 15.9 Å². The zero-order valence-electron chi connectivity index (χ0n) is 14.9. The normalized spacial score (nSPS) is 16.9. The van der Waals surface area contributed by atoms with Gasteiger partial charge >= 0.3 is 0 Å². The van der Waals surface area contributed by atoms with Gasteiger partial charge < -0.3 is 10.2 Å². The minimum atomic E-state index is -3.19. The molecule has 0 bridgehead atoms. The molecule has 1 N–H and O–H groups in total. The topological polar surface area (TPSA) is 69.7 Å². The SMILES string of the molecule is CN(C)C(=O)C(Nc1ccc(N2CCCS2(=O)=O)cc1)c1ccccc1. The number of hydrogen-bond acceptors (Lipinski definition) is 4. The lowest BCUT2D eigenvalue weighted by molar-refractivity contribution is -0.129. The Bertz CT molecular complexity index is 865. The number of nitrogens with zero attached hydrogens (tertiary/aromatic N) is 2. The zero-order chi connectivity index (χ0) is 18.7. The highest BCUT2D eigenvalue weighted by molar-refractivity contribution is 7.93. The number of nitrogens with one attached hydrogen (secondary N) is 1. The van der Waals surface area contributed by atoms with Crippen molar-refractivity contribution in [3.8, 4) is 0 Å². The molecule has 3 rings (SSSR count). The van der Waals surface area contributed by atoms with Crippen LogP contribution in [0.4, 0.5) is 11.4 Å². The van der Waals surface area contributed by atoms with Crippen molar-refractivity contribution in [2.75, 3.05) is 36.0 Å². The average Bonchev–Trinajstić information content (AvgIpc) is 2.99. The van der Waals surface area contributed by atoms with Crippen molar-refractivity contribution < 1.29 is 13.2 Å². The molecule has 0 aliphatic carbocycles. The van der Waals surface area contributed by atoms with E-state index in [9.17, 15) is 13.2 Å². The van der Waals surface area contributed by atoms with Crippen molar-refractivity contribution in [2.45, 2.75) is 12.5 Å². The second kappa shape index (κ2) is 7.37. The minimum absolute atomic E-state index is 0.0533. The summed E-state index contributed by atoms with van der Waals surface area (Å²) in [4.78, 5) is 14.1. The van der Waals surface area contributed by atoms with E-state index in [0.717, 1.165) is 11.3 Å². The van der Waals surface area contributed by atoms with Crippen LogP contribution in [0.3, 0.4) is 0 Å². The van der Waals surface area contributed by atoms with Crippen molar-refractivity contribution in [3.63, 3.8) is 0 Å². The molecular formula is C19H23N3O3S. The third-order valence-electron chi connectivity index (χ3n) is 4.39. The third kappa shape index (κ3) is 3.83. The van der Waals surface area contributed by atoms with Crippen molar-refractivity contribution in [3.05, 3.63) is 60.2 Å². The van der Waals surface area contributed by atoms with Gasteiger partial charge in [0.25, 0.3) is 0 Å². The summed E-state index contributed by atoms with van der Waals surface area (Å²) in [6, 6.07) is 16.2. The molecule has 1 saturated heterocycles. The van der Waals surface area contributed by atoms with Crippen molar-refractivity contribution in [1.82, 2.24) is 4.90 Å². The van der Waals surface area contributed by atoms with E-state index >= 15 is 0 Å². The number of carbonyl (C=O) groups is 1. The van der Waals surface area contributed by atoms with Gasteiger partial charge in [0.1, 0.15) is 6.04 Å². The van der Waals surface area contributed by atoms with Gasteiger partial charge in [0.15, 0.2) is 0 Å². The van der Waals surface area contributed by atoms with Crippen LogP contribution in [0.25, 0.3) is 0 Å².